The Kier molecular flexibility index (Phi) is 5.23. The summed E-state index contributed by atoms with van der Waals surface area (Å²) >= 11 is 2.11. The van der Waals surface area contributed by atoms with E-state index in [9.17, 15) is 9.35 Å². The van der Waals surface area contributed by atoms with Crippen LogP contribution in [0.5, 0.6) is 5.75 Å². The van der Waals surface area contributed by atoms with Crippen LogP contribution in [0.1, 0.15) is 33.3 Å². The fraction of sp³-hybridized carbons (Fsp3) is 0.533. The Morgan fingerprint density at radius 1 is 1.45 bits per heavy atom. The van der Waals surface area contributed by atoms with E-state index >= 15 is 0 Å². The fourth-order valence-corrected chi connectivity index (χ4v) is 3.27. The number of ether oxygens (including phenoxy) is 2. The van der Waals surface area contributed by atoms with Gasteiger partial charge >= 0.3 is 5.97 Å². The summed E-state index contributed by atoms with van der Waals surface area (Å²) in [5, 5.41) is 0. The standard InChI is InChI=1S/C15H20BrNO4S/c1-10(18)21-13-7-11(16)5-6-12(13)15(8-20-9-15)17-22(19)14(2,3)4/h5-7,17H,8-9H2,1-4H3. The van der Waals surface area contributed by atoms with Crippen LogP contribution in [-0.4, -0.2) is 28.5 Å². The van der Waals surface area contributed by atoms with Crippen LogP contribution in [0.25, 0.3) is 0 Å². The Balaban J connectivity index is 2.36. The van der Waals surface area contributed by atoms with Gasteiger partial charge in [0.25, 0.3) is 0 Å². The van der Waals surface area contributed by atoms with Crippen molar-refractivity contribution in [1.82, 2.24) is 4.72 Å². The minimum absolute atomic E-state index is 0.380. The van der Waals surface area contributed by atoms with E-state index in [1.165, 1.54) is 6.92 Å². The van der Waals surface area contributed by atoms with Gasteiger partial charge in [-0.05, 0) is 32.9 Å². The van der Waals surface area contributed by atoms with Crippen molar-refractivity contribution in [3.8, 4) is 5.75 Å². The molecule has 1 heterocycles. The third kappa shape index (κ3) is 3.83. The molecule has 0 spiro atoms. The van der Waals surface area contributed by atoms with Crippen LogP contribution in [-0.2, 0) is 26.4 Å². The zero-order valence-corrected chi connectivity index (χ0v) is 15.5. The van der Waals surface area contributed by atoms with Crippen molar-refractivity contribution in [2.75, 3.05) is 13.2 Å². The number of halogens is 1. The van der Waals surface area contributed by atoms with Crippen molar-refractivity contribution in [1.29, 1.82) is 0 Å². The van der Waals surface area contributed by atoms with Gasteiger partial charge in [0.05, 0.1) is 13.2 Å². The Morgan fingerprint density at radius 2 is 2.09 bits per heavy atom. The number of carbonyl (C=O) groups excluding carboxylic acids is 1. The second kappa shape index (κ2) is 6.49. The summed E-state index contributed by atoms with van der Waals surface area (Å²) in [7, 11) is 0. The van der Waals surface area contributed by atoms with Gasteiger partial charge in [0.1, 0.15) is 16.0 Å². The number of carbonyl (C=O) groups is 1. The van der Waals surface area contributed by atoms with Crippen molar-refractivity contribution < 1.29 is 18.8 Å². The molecule has 1 aliphatic heterocycles. The van der Waals surface area contributed by atoms with Gasteiger partial charge < -0.3 is 14.0 Å². The average molecular weight is 390 g/mol. The van der Waals surface area contributed by atoms with Crippen molar-refractivity contribution in [2.24, 2.45) is 0 Å². The topological polar surface area (TPSA) is 70.6 Å². The van der Waals surface area contributed by atoms with Crippen LogP contribution in [0, 0.1) is 0 Å². The number of esters is 1. The molecular weight excluding hydrogens is 370 g/mol. The van der Waals surface area contributed by atoms with Crippen LogP contribution in [0.4, 0.5) is 0 Å². The smallest absolute Gasteiger partial charge is 0.308 e. The molecule has 1 aliphatic rings. The predicted molar refractivity (Wildman–Crippen MR) is 89.0 cm³/mol. The highest BCUT2D eigenvalue weighted by Crippen LogP contribution is 2.39. The molecule has 1 fully saturated rings. The summed E-state index contributed by atoms with van der Waals surface area (Å²) in [6.45, 7) is 7.82. The summed E-state index contributed by atoms with van der Waals surface area (Å²) in [5.41, 5.74) is 0.165. The summed E-state index contributed by atoms with van der Waals surface area (Å²) in [5.74, 6) is 0.0512. The lowest BCUT2D eigenvalue weighted by Gasteiger charge is -2.43. The van der Waals surface area contributed by atoms with E-state index < -0.39 is 27.6 Å². The molecule has 1 aromatic carbocycles. The zero-order valence-electron chi connectivity index (χ0n) is 13.1. The largest absolute Gasteiger partial charge is 0.598 e. The third-order valence-electron chi connectivity index (χ3n) is 3.25. The highest BCUT2D eigenvalue weighted by Gasteiger charge is 2.48. The first-order valence-corrected chi connectivity index (χ1v) is 8.84. The van der Waals surface area contributed by atoms with Crippen LogP contribution in [0.2, 0.25) is 0 Å². The number of benzene rings is 1. The molecule has 1 aromatic rings. The maximum atomic E-state index is 12.5. The lowest BCUT2D eigenvalue weighted by molar-refractivity contribution is -0.132. The molecule has 1 atom stereocenters. The highest BCUT2D eigenvalue weighted by molar-refractivity contribution is 9.10. The quantitative estimate of drug-likeness (QED) is 0.486. The molecular formula is C15H20BrNO4S. The molecule has 5 nitrogen and oxygen atoms in total. The first-order valence-electron chi connectivity index (χ1n) is 6.90. The molecule has 0 radical (unpaired) electrons. The van der Waals surface area contributed by atoms with Gasteiger partial charge in [0.15, 0.2) is 0 Å². The van der Waals surface area contributed by atoms with Gasteiger partial charge in [-0.3, -0.25) is 4.79 Å². The van der Waals surface area contributed by atoms with Crippen LogP contribution in [0.15, 0.2) is 22.7 Å². The lowest BCUT2D eigenvalue weighted by atomic mass is 9.88. The fourth-order valence-electron chi connectivity index (χ4n) is 2.04. The van der Waals surface area contributed by atoms with Gasteiger partial charge in [-0.2, -0.15) is 0 Å². The molecule has 2 rings (SSSR count). The summed E-state index contributed by atoms with van der Waals surface area (Å²) in [6.07, 6.45) is 0. The van der Waals surface area contributed by atoms with Gasteiger partial charge in [0, 0.05) is 28.3 Å². The van der Waals surface area contributed by atoms with Gasteiger partial charge in [-0.25, -0.2) is 0 Å². The van der Waals surface area contributed by atoms with E-state index in [1.807, 2.05) is 32.9 Å². The van der Waals surface area contributed by atoms with E-state index in [2.05, 4.69) is 20.7 Å². The van der Waals surface area contributed by atoms with E-state index in [0.717, 1.165) is 10.0 Å². The second-order valence-electron chi connectivity index (χ2n) is 6.29. The summed E-state index contributed by atoms with van der Waals surface area (Å²) < 4.78 is 26.7. The first-order chi connectivity index (χ1) is 10.1. The SMILES string of the molecule is CC(=O)Oc1cc(Br)ccc1C1(N[S+]([O-])C(C)(C)C)COC1. The highest BCUT2D eigenvalue weighted by atomic mass is 79.9. The molecule has 0 aromatic heterocycles. The van der Waals surface area contributed by atoms with Crippen molar-refractivity contribution in [2.45, 2.75) is 38.0 Å². The Hall–Kier alpha value is -0.600. The molecule has 0 aliphatic carbocycles. The number of hydrogen-bond acceptors (Lipinski definition) is 5. The van der Waals surface area contributed by atoms with Gasteiger partial charge in [0.2, 0.25) is 0 Å². The van der Waals surface area contributed by atoms with Crippen molar-refractivity contribution in [3.05, 3.63) is 28.2 Å². The van der Waals surface area contributed by atoms with Crippen LogP contribution in [0.3, 0.4) is 0 Å². The second-order valence-corrected chi connectivity index (χ2v) is 9.17. The van der Waals surface area contributed by atoms with E-state index in [4.69, 9.17) is 9.47 Å². The number of hydrogen-bond donors (Lipinski definition) is 1. The summed E-state index contributed by atoms with van der Waals surface area (Å²) in [6, 6.07) is 5.46. The number of nitrogens with one attached hydrogen (secondary N) is 1. The lowest BCUT2D eigenvalue weighted by Crippen LogP contribution is -2.61. The average Bonchev–Trinajstić information content (AvgIpc) is 2.32. The summed E-state index contributed by atoms with van der Waals surface area (Å²) in [4.78, 5) is 11.3. The molecule has 0 bridgehead atoms. The van der Waals surface area contributed by atoms with Crippen molar-refractivity contribution >= 4 is 33.3 Å². The molecule has 7 heteroatoms. The minimum atomic E-state index is -1.26. The Morgan fingerprint density at radius 3 is 2.55 bits per heavy atom. The van der Waals surface area contributed by atoms with Gasteiger partial charge in [-0.1, -0.05) is 22.0 Å². The molecule has 0 saturated carbocycles. The molecule has 122 valence electrons. The van der Waals surface area contributed by atoms with E-state index in [-0.39, 0.29) is 0 Å². The molecule has 22 heavy (non-hydrogen) atoms. The van der Waals surface area contributed by atoms with E-state index in [0.29, 0.717) is 19.0 Å². The maximum absolute atomic E-state index is 12.5. The monoisotopic (exact) mass is 389 g/mol. The van der Waals surface area contributed by atoms with E-state index in [1.54, 1.807) is 6.07 Å². The molecule has 1 saturated heterocycles. The Bertz CT molecular complexity index is 569. The third-order valence-corrected chi connectivity index (χ3v) is 5.44. The normalized spacial score (nSPS) is 18.5. The molecule has 0 amide bonds. The van der Waals surface area contributed by atoms with Crippen LogP contribution >= 0.6 is 15.9 Å². The first kappa shape index (κ1) is 17.7. The minimum Gasteiger partial charge on any atom is -0.598 e. The van der Waals surface area contributed by atoms with Gasteiger partial charge in [-0.15, -0.1) is 4.72 Å². The van der Waals surface area contributed by atoms with Crippen molar-refractivity contribution in [3.63, 3.8) is 0 Å². The Labute approximate surface area is 142 Å². The predicted octanol–water partition coefficient (Wildman–Crippen LogP) is 2.65. The van der Waals surface area contributed by atoms with Crippen LogP contribution < -0.4 is 9.46 Å². The molecule has 1 N–H and O–H groups in total. The molecule has 1 unspecified atom stereocenters. The maximum Gasteiger partial charge on any atom is 0.308 e. The zero-order chi connectivity index (χ0) is 16.5. The number of rotatable bonds is 4.